The van der Waals surface area contributed by atoms with Crippen LogP contribution in [0, 0.1) is 13.8 Å². The van der Waals surface area contributed by atoms with Gasteiger partial charge in [-0.1, -0.05) is 6.07 Å². The SMILES string of the molecule is Cc1ccc2nc(Sc3cc(C)c(N)cn3)[nH]c2c1. The van der Waals surface area contributed by atoms with E-state index in [-0.39, 0.29) is 0 Å². The highest BCUT2D eigenvalue weighted by molar-refractivity contribution is 7.99. The number of nitrogens with zero attached hydrogens (tertiary/aromatic N) is 2. The molecule has 0 aliphatic rings. The largest absolute Gasteiger partial charge is 0.397 e. The summed E-state index contributed by atoms with van der Waals surface area (Å²) < 4.78 is 0. The van der Waals surface area contributed by atoms with Crippen LogP contribution < -0.4 is 5.73 Å². The van der Waals surface area contributed by atoms with Crippen LogP contribution in [0.4, 0.5) is 5.69 Å². The van der Waals surface area contributed by atoms with Gasteiger partial charge < -0.3 is 10.7 Å². The summed E-state index contributed by atoms with van der Waals surface area (Å²) in [6.07, 6.45) is 1.68. The predicted octanol–water partition coefficient (Wildman–Crippen LogP) is 3.31. The molecular weight excluding hydrogens is 256 g/mol. The summed E-state index contributed by atoms with van der Waals surface area (Å²) >= 11 is 1.51. The molecular formula is C14H14N4S. The molecule has 2 aromatic heterocycles. The van der Waals surface area contributed by atoms with Crippen molar-refractivity contribution in [1.82, 2.24) is 15.0 Å². The number of nitrogens with one attached hydrogen (secondary N) is 1. The van der Waals surface area contributed by atoms with Gasteiger partial charge in [0.15, 0.2) is 5.16 Å². The van der Waals surface area contributed by atoms with Crippen LogP contribution in [0.15, 0.2) is 40.6 Å². The van der Waals surface area contributed by atoms with Gasteiger partial charge in [0.25, 0.3) is 0 Å². The summed E-state index contributed by atoms with van der Waals surface area (Å²) in [7, 11) is 0. The number of pyridine rings is 1. The third-order valence-corrected chi connectivity index (χ3v) is 3.76. The first-order chi connectivity index (χ1) is 9.11. The lowest BCUT2D eigenvalue weighted by molar-refractivity contribution is 1.05. The molecule has 0 saturated carbocycles. The van der Waals surface area contributed by atoms with Gasteiger partial charge in [0, 0.05) is 0 Å². The Morgan fingerprint density at radius 2 is 2.05 bits per heavy atom. The Bertz CT molecular complexity index is 748. The standard InChI is InChI=1S/C14H14N4S/c1-8-3-4-11-12(5-8)18-14(17-11)19-13-6-9(2)10(15)7-16-13/h3-7H,15H2,1-2H3,(H,17,18). The average Bonchev–Trinajstić information content (AvgIpc) is 2.75. The normalized spacial score (nSPS) is 11.1. The van der Waals surface area contributed by atoms with Crippen LogP contribution in [0.2, 0.25) is 0 Å². The van der Waals surface area contributed by atoms with E-state index in [1.807, 2.05) is 19.1 Å². The molecule has 5 heteroatoms. The minimum absolute atomic E-state index is 0.713. The zero-order valence-corrected chi connectivity index (χ0v) is 11.6. The predicted molar refractivity (Wildman–Crippen MR) is 78.3 cm³/mol. The molecule has 0 aliphatic carbocycles. The van der Waals surface area contributed by atoms with Gasteiger partial charge in [-0.25, -0.2) is 9.97 Å². The van der Waals surface area contributed by atoms with E-state index in [1.165, 1.54) is 17.3 Å². The van der Waals surface area contributed by atoms with E-state index in [2.05, 4.69) is 34.0 Å². The van der Waals surface area contributed by atoms with Gasteiger partial charge in [0.1, 0.15) is 5.03 Å². The molecule has 0 amide bonds. The van der Waals surface area contributed by atoms with Crippen molar-refractivity contribution in [2.45, 2.75) is 24.0 Å². The van der Waals surface area contributed by atoms with Crippen molar-refractivity contribution >= 4 is 28.5 Å². The number of hydrogen-bond donors (Lipinski definition) is 2. The van der Waals surface area contributed by atoms with E-state index < -0.39 is 0 Å². The molecule has 96 valence electrons. The maximum atomic E-state index is 5.76. The Balaban J connectivity index is 1.94. The zero-order valence-electron chi connectivity index (χ0n) is 10.8. The van der Waals surface area contributed by atoms with Crippen LogP contribution in [0.1, 0.15) is 11.1 Å². The van der Waals surface area contributed by atoms with Crippen molar-refractivity contribution in [3.8, 4) is 0 Å². The van der Waals surface area contributed by atoms with Gasteiger partial charge in [-0.2, -0.15) is 0 Å². The minimum atomic E-state index is 0.713. The second-order valence-corrected chi connectivity index (χ2v) is 5.55. The van der Waals surface area contributed by atoms with Crippen LogP contribution >= 0.6 is 11.8 Å². The van der Waals surface area contributed by atoms with Gasteiger partial charge in [-0.15, -0.1) is 0 Å². The van der Waals surface area contributed by atoms with E-state index in [0.717, 1.165) is 26.8 Å². The number of rotatable bonds is 2. The van der Waals surface area contributed by atoms with E-state index in [1.54, 1.807) is 6.20 Å². The molecule has 3 N–H and O–H groups in total. The number of nitrogen functional groups attached to an aromatic ring is 1. The Hall–Kier alpha value is -2.01. The fourth-order valence-electron chi connectivity index (χ4n) is 1.84. The summed E-state index contributed by atoms with van der Waals surface area (Å²) in [4.78, 5) is 12.1. The number of aryl methyl sites for hydroxylation is 2. The van der Waals surface area contributed by atoms with Crippen molar-refractivity contribution in [2.24, 2.45) is 0 Å². The van der Waals surface area contributed by atoms with Crippen molar-refractivity contribution < 1.29 is 0 Å². The first-order valence-corrected chi connectivity index (χ1v) is 6.80. The fraction of sp³-hybridized carbons (Fsp3) is 0.143. The summed E-state index contributed by atoms with van der Waals surface area (Å²) in [5.74, 6) is 0. The highest BCUT2D eigenvalue weighted by atomic mass is 32.2. The number of aromatic nitrogens is 3. The van der Waals surface area contributed by atoms with Crippen molar-refractivity contribution in [3.63, 3.8) is 0 Å². The Labute approximate surface area is 115 Å². The molecule has 1 aromatic carbocycles. The lowest BCUT2D eigenvalue weighted by Gasteiger charge is -2.01. The second kappa shape index (κ2) is 4.59. The van der Waals surface area contributed by atoms with Gasteiger partial charge in [0.2, 0.25) is 0 Å². The number of aromatic amines is 1. The number of nitrogens with two attached hydrogens (primary N) is 1. The van der Waals surface area contributed by atoms with Crippen molar-refractivity contribution in [3.05, 3.63) is 41.6 Å². The van der Waals surface area contributed by atoms with E-state index in [9.17, 15) is 0 Å². The maximum Gasteiger partial charge on any atom is 0.172 e. The summed E-state index contributed by atoms with van der Waals surface area (Å²) in [5.41, 5.74) is 10.7. The topological polar surface area (TPSA) is 67.6 Å². The lowest BCUT2D eigenvalue weighted by atomic mass is 10.2. The van der Waals surface area contributed by atoms with E-state index in [4.69, 9.17) is 5.73 Å². The van der Waals surface area contributed by atoms with Gasteiger partial charge in [-0.05, 0) is 54.9 Å². The summed E-state index contributed by atoms with van der Waals surface area (Å²) in [6, 6.07) is 8.14. The molecule has 0 unspecified atom stereocenters. The number of anilines is 1. The van der Waals surface area contributed by atoms with Crippen molar-refractivity contribution in [2.75, 3.05) is 5.73 Å². The zero-order chi connectivity index (χ0) is 13.4. The molecule has 19 heavy (non-hydrogen) atoms. The third-order valence-electron chi connectivity index (χ3n) is 2.94. The maximum absolute atomic E-state index is 5.76. The molecule has 3 aromatic rings. The van der Waals surface area contributed by atoms with Crippen LogP contribution in [0.5, 0.6) is 0 Å². The number of benzene rings is 1. The van der Waals surface area contributed by atoms with Gasteiger partial charge in [-0.3, -0.25) is 0 Å². The number of fused-ring (bicyclic) bond motifs is 1. The second-order valence-electron chi connectivity index (χ2n) is 4.54. The number of H-pyrrole nitrogens is 1. The highest BCUT2D eigenvalue weighted by Gasteiger charge is 2.06. The van der Waals surface area contributed by atoms with Crippen LogP contribution in [0.25, 0.3) is 11.0 Å². The van der Waals surface area contributed by atoms with Crippen LogP contribution in [-0.2, 0) is 0 Å². The fourth-order valence-corrected chi connectivity index (χ4v) is 2.69. The first-order valence-electron chi connectivity index (χ1n) is 5.98. The molecule has 2 heterocycles. The summed E-state index contributed by atoms with van der Waals surface area (Å²) in [6.45, 7) is 4.04. The van der Waals surface area contributed by atoms with Crippen LogP contribution in [0.3, 0.4) is 0 Å². The van der Waals surface area contributed by atoms with Crippen molar-refractivity contribution in [1.29, 1.82) is 0 Å². The average molecular weight is 270 g/mol. The van der Waals surface area contributed by atoms with Crippen LogP contribution in [-0.4, -0.2) is 15.0 Å². The molecule has 0 radical (unpaired) electrons. The lowest BCUT2D eigenvalue weighted by Crippen LogP contribution is -1.91. The molecule has 0 saturated heterocycles. The van der Waals surface area contributed by atoms with E-state index in [0.29, 0.717) is 5.69 Å². The smallest absolute Gasteiger partial charge is 0.172 e. The minimum Gasteiger partial charge on any atom is -0.397 e. The Morgan fingerprint density at radius 1 is 1.21 bits per heavy atom. The van der Waals surface area contributed by atoms with Gasteiger partial charge >= 0.3 is 0 Å². The third kappa shape index (κ3) is 2.42. The molecule has 0 fully saturated rings. The molecule has 3 rings (SSSR count). The highest BCUT2D eigenvalue weighted by Crippen LogP contribution is 2.27. The Kier molecular flexibility index (Phi) is 2.91. The molecule has 0 atom stereocenters. The number of imidazole rings is 1. The first kappa shape index (κ1) is 12.0. The van der Waals surface area contributed by atoms with E-state index >= 15 is 0 Å². The van der Waals surface area contributed by atoms with Gasteiger partial charge in [0.05, 0.1) is 22.9 Å². The number of hydrogen-bond acceptors (Lipinski definition) is 4. The molecule has 0 bridgehead atoms. The molecule has 4 nitrogen and oxygen atoms in total. The quantitative estimate of drug-likeness (QED) is 0.749. The summed E-state index contributed by atoms with van der Waals surface area (Å²) in [5, 5.41) is 1.74. The molecule has 0 spiro atoms. The monoisotopic (exact) mass is 270 g/mol. The molecule has 0 aliphatic heterocycles. The Morgan fingerprint density at radius 3 is 2.84 bits per heavy atom.